The Balaban J connectivity index is 2.72. The van der Waals surface area contributed by atoms with Gasteiger partial charge in [-0.1, -0.05) is 11.6 Å². The number of hydrogen-bond donors (Lipinski definition) is 2. The zero-order valence-electron chi connectivity index (χ0n) is 9.75. The molecule has 6 heteroatoms. The third-order valence-electron chi connectivity index (χ3n) is 2.17. The standard InChI is InChI=1S/C11H15ClN2O3/c1-7-3-9(12)4-8(11(7)16-2)5-17-6-10(15)14-13/h3-4H,5-6,13H2,1-2H3,(H,14,15). The van der Waals surface area contributed by atoms with E-state index in [1.54, 1.807) is 19.2 Å². The van der Waals surface area contributed by atoms with Crippen molar-refractivity contribution in [2.24, 2.45) is 5.84 Å². The van der Waals surface area contributed by atoms with Crippen LogP contribution in [0.15, 0.2) is 12.1 Å². The van der Waals surface area contributed by atoms with Gasteiger partial charge in [-0.3, -0.25) is 10.2 Å². The van der Waals surface area contributed by atoms with E-state index in [0.717, 1.165) is 11.1 Å². The first-order valence-electron chi connectivity index (χ1n) is 4.98. The summed E-state index contributed by atoms with van der Waals surface area (Å²) >= 11 is 5.94. The van der Waals surface area contributed by atoms with E-state index in [1.807, 2.05) is 12.3 Å². The molecule has 94 valence electrons. The van der Waals surface area contributed by atoms with Gasteiger partial charge in [-0.2, -0.15) is 0 Å². The first-order chi connectivity index (χ1) is 8.08. The topological polar surface area (TPSA) is 73.6 Å². The van der Waals surface area contributed by atoms with Crippen molar-refractivity contribution in [1.29, 1.82) is 0 Å². The van der Waals surface area contributed by atoms with Crippen LogP contribution in [0.25, 0.3) is 0 Å². The maximum Gasteiger partial charge on any atom is 0.259 e. The van der Waals surface area contributed by atoms with Crippen molar-refractivity contribution in [3.8, 4) is 5.75 Å². The molecule has 0 saturated carbocycles. The molecular formula is C11H15ClN2O3. The number of nitrogens with two attached hydrogens (primary N) is 1. The van der Waals surface area contributed by atoms with Crippen LogP contribution in [0, 0.1) is 6.92 Å². The Morgan fingerprint density at radius 2 is 2.24 bits per heavy atom. The van der Waals surface area contributed by atoms with Gasteiger partial charge in [0.25, 0.3) is 5.91 Å². The summed E-state index contributed by atoms with van der Waals surface area (Å²) in [6.45, 7) is 2.02. The van der Waals surface area contributed by atoms with E-state index in [9.17, 15) is 4.79 Å². The summed E-state index contributed by atoms with van der Waals surface area (Å²) in [5, 5.41) is 0.602. The van der Waals surface area contributed by atoms with Gasteiger partial charge in [0.15, 0.2) is 0 Å². The summed E-state index contributed by atoms with van der Waals surface area (Å²) in [5.41, 5.74) is 3.69. The number of ether oxygens (including phenoxy) is 2. The first-order valence-corrected chi connectivity index (χ1v) is 5.36. The average molecular weight is 259 g/mol. The van der Waals surface area contributed by atoms with Crippen LogP contribution in [0.1, 0.15) is 11.1 Å². The van der Waals surface area contributed by atoms with Gasteiger partial charge < -0.3 is 9.47 Å². The Kier molecular flexibility index (Phi) is 5.21. The molecule has 0 aliphatic carbocycles. The van der Waals surface area contributed by atoms with Crippen molar-refractivity contribution < 1.29 is 14.3 Å². The zero-order chi connectivity index (χ0) is 12.8. The average Bonchev–Trinajstić information content (AvgIpc) is 2.28. The molecule has 17 heavy (non-hydrogen) atoms. The first kappa shape index (κ1) is 13.8. The number of nitrogens with one attached hydrogen (secondary N) is 1. The highest BCUT2D eigenvalue weighted by molar-refractivity contribution is 6.30. The summed E-state index contributed by atoms with van der Waals surface area (Å²) in [6, 6.07) is 3.55. The quantitative estimate of drug-likeness (QED) is 0.472. The van der Waals surface area contributed by atoms with E-state index in [4.69, 9.17) is 26.9 Å². The normalized spacial score (nSPS) is 10.1. The predicted octanol–water partition coefficient (Wildman–Crippen LogP) is 1.16. The predicted molar refractivity (Wildman–Crippen MR) is 64.7 cm³/mol. The second-order valence-electron chi connectivity index (χ2n) is 3.48. The molecule has 0 radical (unpaired) electrons. The number of hydrogen-bond acceptors (Lipinski definition) is 4. The fourth-order valence-electron chi connectivity index (χ4n) is 1.49. The van der Waals surface area contributed by atoms with Crippen molar-refractivity contribution in [3.05, 3.63) is 28.3 Å². The van der Waals surface area contributed by atoms with Crippen LogP contribution in [-0.2, 0) is 16.1 Å². The number of halogens is 1. The molecule has 3 N–H and O–H groups in total. The molecule has 1 rings (SSSR count). The Bertz CT molecular complexity index is 410. The van der Waals surface area contributed by atoms with Crippen LogP contribution < -0.4 is 16.0 Å². The summed E-state index contributed by atoms with van der Waals surface area (Å²) < 4.78 is 10.4. The fourth-order valence-corrected chi connectivity index (χ4v) is 1.79. The second-order valence-corrected chi connectivity index (χ2v) is 3.91. The third kappa shape index (κ3) is 3.89. The summed E-state index contributed by atoms with van der Waals surface area (Å²) in [5.74, 6) is 5.25. The van der Waals surface area contributed by atoms with Crippen LogP contribution in [0.2, 0.25) is 5.02 Å². The molecule has 0 heterocycles. The monoisotopic (exact) mass is 258 g/mol. The minimum Gasteiger partial charge on any atom is -0.496 e. The number of hydrazine groups is 1. The van der Waals surface area contributed by atoms with Crippen molar-refractivity contribution in [2.45, 2.75) is 13.5 Å². The largest absolute Gasteiger partial charge is 0.496 e. The van der Waals surface area contributed by atoms with Crippen LogP contribution in [0.4, 0.5) is 0 Å². The second kappa shape index (κ2) is 6.44. The highest BCUT2D eigenvalue weighted by atomic mass is 35.5. The maximum atomic E-state index is 10.9. The lowest BCUT2D eigenvalue weighted by molar-refractivity contribution is -0.126. The molecule has 0 spiro atoms. The van der Waals surface area contributed by atoms with Gasteiger partial charge in [-0.15, -0.1) is 0 Å². The Labute approximate surface area is 105 Å². The summed E-state index contributed by atoms with van der Waals surface area (Å²) in [4.78, 5) is 10.9. The zero-order valence-corrected chi connectivity index (χ0v) is 10.5. The Morgan fingerprint density at radius 1 is 1.53 bits per heavy atom. The molecule has 0 fully saturated rings. The van der Waals surface area contributed by atoms with Crippen molar-refractivity contribution in [2.75, 3.05) is 13.7 Å². The molecule has 1 aromatic carbocycles. The number of amides is 1. The number of benzene rings is 1. The minimum absolute atomic E-state index is 0.106. The van der Waals surface area contributed by atoms with Crippen LogP contribution in [0.5, 0.6) is 5.75 Å². The van der Waals surface area contributed by atoms with Crippen LogP contribution >= 0.6 is 11.6 Å². The SMILES string of the molecule is COc1c(C)cc(Cl)cc1COCC(=O)NN. The van der Waals surface area contributed by atoms with Gasteiger partial charge in [0.05, 0.1) is 13.7 Å². The number of methoxy groups -OCH3 is 1. The number of aryl methyl sites for hydroxylation is 1. The molecule has 0 unspecified atom stereocenters. The minimum atomic E-state index is -0.386. The van der Waals surface area contributed by atoms with Gasteiger partial charge in [0, 0.05) is 10.6 Å². The lowest BCUT2D eigenvalue weighted by Crippen LogP contribution is -2.33. The van der Waals surface area contributed by atoms with E-state index in [0.29, 0.717) is 10.8 Å². The van der Waals surface area contributed by atoms with Crippen LogP contribution in [-0.4, -0.2) is 19.6 Å². The lowest BCUT2D eigenvalue weighted by Gasteiger charge is -2.12. The van der Waals surface area contributed by atoms with Gasteiger partial charge in [-0.25, -0.2) is 5.84 Å². The molecule has 1 aromatic rings. The molecule has 0 atom stereocenters. The van der Waals surface area contributed by atoms with Gasteiger partial charge >= 0.3 is 0 Å². The molecular weight excluding hydrogens is 244 g/mol. The van der Waals surface area contributed by atoms with Crippen molar-refractivity contribution in [1.82, 2.24) is 5.43 Å². The summed E-state index contributed by atoms with van der Waals surface area (Å²) in [6.07, 6.45) is 0. The smallest absolute Gasteiger partial charge is 0.259 e. The molecule has 0 aliphatic rings. The number of carbonyl (C=O) groups is 1. The highest BCUT2D eigenvalue weighted by Crippen LogP contribution is 2.27. The van der Waals surface area contributed by atoms with E-state index in [1.165, 1.54) is 0 Å². The molecule has 0 aromatic heterocycles. The number of carbonyl (C=O) groups excluding carboxylic acids is 1. The van der Waals surface area contributed by atoms with Crippen molar-refractivity contribution >= 4 is 17.5 Å². The summed E-state index contributed by atoms with van der Waals surface area (Å²) in [7, 11) is 1.58. The highest BCUT2D eigenvalue weighted by Gasteiger charge is 2.09. The maximum absolute atomic E-state index is 10.9. The van der Waals surface area contributed by atoms with E-state index in [2.05, 4.69) is 0 Å². The number of rotatable bonds is 5. The molecule has 0 saturated heterocycles. The fraction of sp³-hybridized carbons (Fsp3) is 0.364. The molecule has 5 nitrogen and oxygen atoms in total. The van der Waals surface area contributed by atoms with Gasteiger partial charge in [0.1, 0.15) is 12.4 Å². The van der Waals surface area contributed by atoms with E-state index in [-0.39, 0.29) is 19.1 Å². The van der Waals surface area contributed by atoms with Gasteiger partial charge in [0.2, 0.25) is 0 Å². The van der Waals surface area contributed by atoms with E-state index < -0.39 is 0 Å². The Morgan fingerprint density at radius 3 is 2.82 bits per heavy atom. The van der Waals surface area contributed by atoms with E-state index >= 15 is 0 Å². The van der Waals surface area contributed by atoms with Crippen molar-refractivity contribution in [3.63, 3.8) is 0 Å². The van der Waals surface area contributed by atoms with Gasteiger partial charge in [-0.05, 0) is 24.6 Å². The molecule has 1 amide bonds. The molecule has 0 aliphatic heterocycles. The molecule has 0 bridgehead atoms. The lowest BCUT2D eigenvalue weighted by atomic mass is 10.1. The Hall–Kier alpha value is -1.30. The van der Waals surface area contributed by atoms with Crippen LogP contribution in [0.3, 0.4) is 0 Å². The third-order valence-corrected chi connectivity index (χ3v) is 2.39.